The van der Waals surface area contributed by atoms with Crippen LogP contribution in [-0.2, 0) is 4.74 Å². The van der Waals surface area contributed by atoms with Crippen LogP contribution in [0, 0.1) is 0 Å². The molecule has 4 nitrogen and oxygen atoms in total. The lowest BCUT2D eigenvalue weighted by Crippen LogP contribution is -2.24. The van der Waals surface area contributed by atoms with Gasteiger partial charge in [0.25, 0.3) is 0 Å². The van der Waals surface area contributed by atoms with Crippen LogP contribution in [0.2, 0.25) is 0 Å². The summed E-state index contributed by atoms with van der Waals surface area (Å²) in [6, 6.07) is 7.47. The molecule has 0 radical (unpaired) electrons. The lowest BCUT2D eigenvalue weighted by atomic mass is 10.2. The van der Waals surface area contributed by atoms with E-state index in [4.69, 9.17) is 4.74 Å². The Bertz CT molecular complexity index is 524. The summed E-state index contributed by atoms with van der Waals surface area (Å²) >= 11 is 0. The monoisotopic (exact) mass is 248 g/mol. The van der Waals surface area contributed by atoms with Gasteiger partial charge in [0.2, 0.25) is 0 Å². The van der Waals surface area contributed by atoms with Crippen molar-refractivity contribution in [2.45, 2.75) is 40.2 Å². The summed E-state index contributed by atoms with van der Waals surface area (Å²) in [4.78, 5) is 11.8. The molecule has 0 amide bonds. The van der Waals surface area contributed by atoms with Crippen molar-refractivity contribution >= 4 is 16.9 Å². The first-order valence-corrected chi connectivity index (χ1v) is 6.14. The van der Waals surface area contributed by atoms with Crippen LogP contribution in [0.5, 0.6) is 0 Å². The molecule has 0 atom stereocenters. The molecule has 0 saturated heterocycles. The molecule has 0 bridgehead atoms. The van der Waals surface area contributed by atoms with Crippen LogP contribution in [0.25, 0.3) is 10.9 Å². The van der Waals surface area contributed by atoms with Crippen LogP contribution >= 0.6 is 0 Å². The molecular weight excluding hydrogens is 228 g/mol. The van der Waals surface area contributed by atoms with Crippen LogP contribution < -0.4 is 0 Å². The number of rotatable bonds is 1. The Labute approximate surface area is 107 Å². The number of H-pyrrole nitrogens is 1. The Morgan fingerprint density at radius 3 is 2.44 bits per heavy atom. The number of fused-ring (bicyclic) bond motifs is 1. The van der Waals surface area contributed by atoms with E-state index in [0.717, 1.165) is 10.9 Å². The summed E-state index contributed by atoms with van der Waals surface area (Å²) in [5, 5.41) is 7.57. The minimum atomic E-state index is -0.503. The highest BCUT2D eigenvalue weighted by molar-refractivity contribution is 6.01. The Hall–Kier alpha value is -1.84. The van der Waals surface area contributed by atoms with Gasteiger partial charge in [-0.25, -0.2) is 4.79 Å². The van der Waals surface area contributed by atoms with Crippen LogP contribution in [0.3, 0.4) is 0 Å². The van der Waals surface area contributed by atoms with Crippen molar-refractivity contribution < 1.29 is 9.53 Å². The molecule has 0 aliphatic carbocycles. The van der Waals surface area contributed by atoms with E-state index < -0.39 is 11.6 Å². The second kappa shape index (κ2) is 5.67. The number of aromatic amines is 1. The maximum atomic E-state index is 11.8. The first-order valence-electron chi connectivity index (χ1n) is 6.14. The molecule has 1 aromatic carbocycles. The molecule has 4 heteroatoms. The number of hydrogen-bond donors (Lipinski definition) is 1. The largest absolute Gasteiger partial charge is 0.455 e. The van der Waals surface area contributed by atoms with Gasteiger partial charge in [-0.2, -0.15) is 5.10 Å². The third-order valence-electron chi connectivity index (χ3n) is 2.06. The molecule has 18 heavy (non-hydrogen) atoms. The summed E-state index contributed by atoms with van der Waals surface area (Å²) in [5.41, 5.74) is 0.672. The van der Waals surface area contributed by atoms with Gasteiger partial charge in [0, 0.05) is 5.39 Å². The van der Waals surface area contributed by atoms with E-state index in [0.29, 0.717) is 5.69 Å². The molecule has 98 valence electrons. The van der Waals surface area contributed by atoms with E-state index in [2.05, 4.69) is 10.2 Å². The number of carbonyl (C=O) groups is 1. The molecule has 2 rings (SSSR count). The third-order valence-corrected chi connectivity index (χ3v) is 2.06. The minimum absolute atomic E-state index is 0.338. The fourth-order valence-electron chi connectivity index (χ4n) is 1.45. The number of benzene rings is 1. The van der Waals surface area contributed by atoms with Gasteiger partial charge in [0.15, 0.2) is 5.69 Å². The Kier molecular flexibility index (Phi) is 4.48. The molecule has 0 aliphatic heterocycles. The summed E-state index contributed by atoms with van der Waals surface area (Å²) in [7, 11) is 0. The average molecular weight is 248 g/mol. The first-order chi connectivity index (χ1) is 8.47. The van der Waals surface area contributed by atoms with E-state index in [9.17, 15) is 4.79 Å². The normalized spacial score (nSPS) is 10.7. The maximum Gasteiger partial charge on any atom is 0.360 e. The summed E-state index contributed by atoms with van der Waals surface area (Å²) in [6.07, 6.45) is 0. The molecule has 0 aliphatic rings. The number of aromatic nitrogens is 2. The SMILES string of the molecule is CC.CC(C)(C)OC(=O)c1n[nH]c2ccccc12. The summed E-state index contributed by atoms with van der Waals surface area (Å²) < 4.78 is 5.27. The average Bonchev–Trinajstić information content (AvgIpc) is 2.73. The first kappa shape index (κ1) is 14.2. The lowest BCUT2D eigenvalue weighted by Gasteiger charge is -2.18. The topological polar surface area (TPSA) is 55.0 Å². The zero-order chi connectivity index (χ0) is 13.8. The van der Waals surface area contributed by atoms with Crippen molar-refractivity contribution in [1.29, 1.82) is 0 Å². The van der Waals surface area contributed by atoms with Crippen LogP contribution in [0.15, 0.2) is 24.3 Å². The van der Waals surface area contributed by atoms with E-state index in [1.807, 2.05) is 58.9 Å². The fourth-order valence-corrected chi connectivity index (χ4v) is 1.45. The highest BCUT2D eigenvalue weighted by Gasteiger charge is 2.21. The summed E-state index contributed by atoms with van der Waals surface area (Å²) in [5.74, 6) is -0.398. The standard InChI is InChI=1S/C12H14N2O2.C2H6/c1-12(2,3)16-11(15)10-8-6-4-5-7-9(8)13-14-10;1-2/h4-7H,1-3H3,(H,13,14);1-2H3. The third kappa shape index (κ3) is 3.32. The summed E-state index contributed by atoms with van der Waals surface area (Å²) in [6.45, 7) is 9.50. The second-order valence-corrected chi connectivity index (χ2v) is 4.62. The number of nitrogens with zero attached hydrogens (tertiary/aromatic N) is 1. The predicted octanol–water partition coefficient (Wildman–Crippen LogP) is 3.54. The van der Waals surface area contributed by atoms with Gasteiger partial charge in [-0.3, -0.25) is 5.10 Å². The molecule has 2 aromatic rings. The number of hydrogen-bond acceptors (Lipinski definition) is 3. The van der Waals surface area contributed by atoms with E-state index in [1.54, 1.807) is 0 Å². The van der Waals surface area contributed by atoms with Gasteiger partial charge in [-0.1, -0.05) is 32.0 Å². The predicted molar refractivity (Wildman–Crippen MR) is 72.6 cm³/mol. The number of para-hydroxylation sites is 1. The van der Waals surface area contributed by atoms with Crippen molar-refractivity contribution in [3.05, 3.63) is 30.0 Å². The fraction of sp³-hybridized carbons (Fsp3) is 0.429. The zero-order valence-electron chi connectivity index (χ0n) is 11.6. The Balaban J connectivity index is 0.000000771. The number of nitrogens with one attached hydrogen (secondary N) is 1. The van der Waals surface area contributed by atoms with Crippen LogP contribution in [-0.4, -0.2) is 21.8 Å². The molecule has 0 unspecified atom stereocenters. The second-order valence-electron chi connectivity index (χ2n) is 4.62. The van der Waals surface area contributed by atoms with Gasteiger partial charge < -0.3 is 4.74 Å². The van der Waals surface area contributed by atoms with E-state index >= 15 is 0 Å². The van der Waals surface area contributed by atoms with Crippen LogP contribution in [0.4, 0.5) is 0 Å². The van der Waals surface area contributed by atoms with Crippen molar-refractivity contribution in [2.24, 2.45) is 0 Å². The van der Waals surface area contributed by atoms with Gasteiger partial charge in [0.1, 0.15) is 5.60 Å². The van der Waals surface area contributed by atoms with Crippen molar-refractivity contribution in [2.75, 3.05) is 0 Å². The van der Waals surface area contributed by atoms with Crippen molar-refractivity contribution in [3.8, 4) is 0 Å². The van der Waals surface area contributed by atoms with Crippen molar-refractivity contribution in [1.82, 2.24) is 10.2 Å². The van der Waals surface area contributed by atoms with E-state index in [1.165, 1.54) is 0 Å². The molecule has 1 N–H and O–H groups in total. The number of ether oxygens (including phenoxy) is 1. The molecule has 0 spiro atoms. The lowest BCUT2D eigenvalue weighted by molar-refractivity contribution is 0.00651. The molecule has 1 heterocycles. The highest BCUT2D eigenvalue weighted by atomic mass is 16.6. The highest BCUT2D eigenvalue weighted by Crippen LogP contribution is 2.18. The van der Waals surface area contributed by atoms with Gasteiger partial charge in [-0.05, 0) is 26.8 Å². The number of esters is 1. The zero-order valence-corrected chi connectivity index (χ0v) is 11.6. The molecule has 0 saturated carbocycles. The number of carbonyl (C=O) groups excluding carboxylic acids is 1. The van der Waals surface area contributed by atoms with Crippen LogP contribution in [0.1, 0.15) is 45.1 Å². The smallest absolute Gasteiger partial charge is 0.360 e. The van der Waals surface area contributed by atoms with Gasteiger partial charge >= 0.3 is 5.97 Å². The van der Waals surface area contributed by atoms with Crippen molar-refractivity contribution in [3.63, 3.8) is 0 Å². The van der Waals surface area contributed by atoms with Gasteiger partial charge in [-0.15, -0.1) is 0 Å². The minimum Gasteiger partial charge on any atom is -0.455 e. The molecule has 0 fully saturated rings. The Morgan fingerprint density at radius 1 is 1.22 bits per heavy atom. The molecular formula is C14H20N2O2. The van der Waals surface area contributed by atoms with E-state index in [-0.39, 0.29) is 0 Å². The molecule has 1 aromatic heterocycles. The quantitative estimate of drug-likeness (QED) is 0.785. The van der Waals surface area contributed by atoms with Gasteiger partial charge in [0.05, 0.1) is 5.52 Å². The Morgan fingerprint density at radius 2 is 1.83 bits per heavy atom. The maximum absolute atomic E-state index is 11.8.